The van der Waals surface area contributed by atoms with Crippen LogP contribution in [0.15, 0.2) is 12.2 Å². The van der Waals surface area contributed by atoms with Crippen molar-refractivity contribution in [2.75, 3.05) is 0 Å². The van der Waals surface area contributed by atoms with E-state index >= 15 is 0 Å². The summed E-state index contributed by atoms with van der Waals surface area (Å²) in [5.74, 6) is -0.970. The van der Waals surface area contributed by atoms with Crippen molar-refractivity contribution >= 4 is 5.97 Å². The highest BCUT2D eigenvalue weighted by molar-refractivity contribution is 5.81. The molecular weight excluding hydrogens is 99.0 g/mol. The van der Waals surface area contributed by atoms with E-state index in [0.29, 0.717) is 0 Å². The molecule has 0 aliphatic heterocycles. The van der Waals surface area contributed by atoms with Crippen LogP contribution >= 0.6 is 0 Å². The fourth-order valence-electron chi connectivity index (χ4n) is 0.162. The zero-order valence-corrected chi connectivity index (χ0v) is 3.85. The first-order valence-electron chi connectivity index (χ1n) is 1.76. The predicted molar refractivity (Wildman–Crippen MR) is 22.0 cm³/mol. The molecule has 0 saturated carbocycles. The van der Waals surface area contributed by atoms with E-state index in [9.17, 15) is 9.32 Å². The van der Waals surface area contributed by atoms with Crippen LogP contribution < -0.4 is 0 Å². The van der Waals surface area contributed by atoms with E-state index in [4.69, 9.17) is 0 Å². The second-order valence-corrected chi connectivity index (χ2v) is 0.896. The molecule has 0 spiro atoms. The fourth-order valence-corrected chi connectivity index (χ4v) is 0.162. The molecular formula is C4H5FO2. The van der Waals surface area contributed by atoms with Crippen molar-refractivity contribution in [1.82, 2.24) is 0 Å². The van der Waals surface area contributed by atoms with Crippen molar-refractivity contribution in [3.8, 4) is 0 Å². The molecule has 7 heavy (non-hydrogen) atoms. The van der Waals surface area contributed by atoms with Gasteiger partial charge in [-0.2, -0.15) is 0 Å². The molecule has 0 aromatic heterocycles. The topological polar surface area (TPSA) is 26.3 Å². The zero-order chi connectivity index (χ0) is 5.70. The normalized spacial score (nSPS) is 9.43. The highest BCUT2D eigenvalue weighted by Crippen LogP contribution is 1.78. The molecule has 0 heterocycles. The lowest BCUT2D eigenvalue weighted by atomic mass is 10.5. The summed E-state index contributed by atoms with van der Waals surface area (Å²) in [4.78, 5) is 12.5. The Kier molecular flexibility index (Phi) is 2.92. The van der Waals surface area contributed by atoms with Crippen LogP contribution in [-0.4, -0.2) is 5.97 Å². The standard InChI is InChI=1S/C4H5FO2/c1-2-3-4(6)7-5/h2-3H,1H3. The first kappa shape index (κ1) is 6.14. The summed E-state index contributed by atoms with van der Waals surface area (Å²) in [5.41, 5.74) is 0. The van der Waals surface area contributed by atoms with Gasteiger partial charge in [-0.25, -0.2) is 4.79 Å². The van der Waals surface area contributed by atoms with E-state index in [2.05, 4.69) is 4.94 Å². The number of halogens is 1. The monoisotopic (exact) mass is 104 g/mol. The van der Waals surface area contributed by atoms with Gasteiger partial charge in [0.2, 0.25) is 0 Å². The van der Waals surface area contributed by atoms with Crippen LogP contribution in [0.5, 0.6) is 0 Å². The van der Waals surface area contributed by atoms with Crippen molar-refractivity contribution in [2.24, 2.45) is 0 Å². The summed E-state index contributed by atoms with van der Waals surface area (Å²) in [6.45, 7) is 1.59. The minimum atomic E-state index is -0.970. The molecule has 0 radical (unpaired) electrons. The van der Waals surface area contributed by atoms with Gasteiger partial charge in [-0.3, -0.25) is 4.94 Å². The summed E-state index contributed by atoms with van der Waals surface area (Å²) in [6, 6.07) is 0. The second-order valence-electron chi connectivity index (χ2n) is 0.896. The molecule has 0 N–H and O–H groups in total. The van der Waals surface area contributed by atoms with E-state index < -0.39 is 5.97 Å². The summed E-state index contributed by atoms with van der Waals surface area (Å²) >= 11 is 0. The summed E-state index contributed by atoms with van der Waals surface area (Å²) in [7, 11) is 0. The van der Waals surface area contributed by atoms with Crippen LogP contribution in [0.4, 0.5) is 4.53 Å². The molecule has 0 unspecified atom stereocenters. The Balaban J connectivity index is 3.37. The smallest absolute Gasteiger partial charge is 0.250 e. The minimum absolute atomic E-state index is 0.970. The molecule has 0 bridgehead atoms. The summed E-state index contributed by atoms with van der Waals surface area (Å²) < 4.78 is 10.7. The number of rotatable bonds is 1. The van der Waals surface area contributed by atoms with Gasteiger partial charge in [0.25, 0.3) is 0 Å². The lowest BCUT2D eigenvalue weighted by molar-refractivity contribution is -0.176. The van der Waals surface area contributed by atoms with Gasteiger partial charge in [0.1, 0.15) is 0 Å². The van der Waals surface area contributed by atoms with Crippen molar-refractivity contribution in [3.63, 3.8) is 0 Å². The van der Waals surface area contributed by atoms with Crippen LogP contribution in [0.3, 0.4) is 0 Å². The molecule has 0 atom stereocenters. The number of hydrogen-bond donors (Lipinski definition) is 0. The predicted octanol–water partition coefficient (Wildman–Crippen LogP) is 0.990. The molecule has 0 aromatic rings. The van der Waals surface area contributed by atoms with Crippen molar-refractivity contribution in [1.29, 1.82) is 0 Å². The Hall–Kier alpha value is -0.860. The van der Waals surface area contributed by atoms with Crippen LogP contribution in [0, 0.1) is 0 Å². The van der Waals surface area contributed by atoms with Gasteiger partial charge in [-0.15, -0.1) is 0 Å². The van der Waals surface area contributed by atoms with Gasteiger partial charge < -0.3 is 0 Å². The molecule has 0 rings (SSSR count). The molecule has 0 fully saturated rings. The van der Waals surface area contributed by atoms with E-state index in [-0.39, 0.29) is 0 Å². The van der Waals surface area contributed by atoms with Gasteiger partial charge in [0, 0.05) is 10.6 Å². The number of carbonyl (C=O) groups is 1. The van der Waals surface area contributed by atoms with E-state index in [1.165, 1.54) is 6.08 Å². The Bertz CT molecular complexity index is 87.7. The van der Waals surface area contributed by atoms with Crippen molar-refractivity contribution in [3.05, 3.63) is 12.2 Å². The first-order valence-corrected chi connectivity index (χ1v) is 1.76. The van der Waals surface area contributed by atoms with E-state index in [0.717, 1.165) is 6.08 Å². The molecule has 3 heteroatoms. The Labute approximate surface area is 40.5 Å². The van der Waals surface area contributed by atoms with Gasteiger partial charge >= 0.3 is 5.97 Å². The zero-order valence-electron chi connectivity index (χ0n) is 3.85. The summed E-state index contributed by atoms with van der Waals surface area (Å²) in [5, 5.41) is 0. The molecule has 0 aromatic carbocycles. The number of carbonyl (C=O) groups excluding carboxylic acids is 1. The van der Waals surface area contributed by atoms with Crippen LogP contribution in [0.25, 0.3) is 0 Å². The summed E-state index contributed by atoms with van der Waals surface area (Å²) in [6.07, 6.45) is 2.38. The number of hydrogen-bond acceptors (Lipinski definition) is 2. The third-order valence-corrected chi connectivity index (χ3v) is 0.379. The first-order chi connectivity index (χ1) is 3.31. The third-order valence-electron chi connectivity index (χ3n) is 0.379. The Morgan fingerprint density at radius 2 is 2.43 bits per heavy atom. The lowest BCUT2D eigenvalue weighted by Gasteiger charge is -1.76. The molecule has 0 saturated heterocycles. The van der Waals surface area contributed by atoms with E-state index in [1.807, 2.05) is 0 Å². The highest BCUT2D eigenvalue weighted by atomic mass is 19.3. The van der Waals surface area contributed by atoms with Crippen LogP contribution in [0.2, 0.25) is 0 Å². The van der Waals surface area contributed by atoms with Crippen LogP contribution in [0.1, 0.15) is 6.92 Å². The molecule has 2 nitrogen and oxygen atoms in total. The molecule has 0 aliphatic rings. The quantitative estimate of drug-likeness (QED) is 0.463. The van der Waals surface area contributed by atoms with Gasteiger partial charge in [-0.05, 0) is 6.92 Å². The van der Waals surface area contributed by atoms with Crippen molar-refractivity contribution < 1.29 is 14.3 Å². The van der Waals surface area contributed by atoms with Crippen LogP contribution in [-0.2, 0) is 9.74 Å². The van der Waals surface area contributed by atoms with E-state index in [1.54, 1.807) is 6.92 Å². The molecule has 40 valence electrons. The number of allylic oxidation sites excluding steroid dienone is 1. The molecule has 0 aliphatic carbocycles. The van der Waals surface area contributed by atoms with Gasteiger partial charge in [0.15, 0.2) is 0 Å². The second kappa shape index (κ2) is 3.33. The maximum absolute atomic E-state index is 10.7. The minimum Gasteiger partial charge on any atom is -0.250 e. The largest absolute Gasteiger partial charge is 0.372 e. The molecule has 0 amide bonds. The van der Waals surface area contributed by atoms with Crippen molar-refractivity contribution in [2.45, 2.75) is 6.92 Å². The Morgan fingerprint density at radius 1 is 1.86 bits per heavy atom. The maximum Gasteiger partial charge on any atom is 0.372 e. The highest BCUT2D eigenvalue weighted by Gasteiger charge is 1.89. The van der Waals surface area contributed by atoms with Gasteiger partial charge in [0.05, 0.1) is 0 Å². The third kappa shape index (κ3) is 2.96. The maximum atomic E-state index is 10.7. The average molecular weight is 104 g/mol. The fraction of sp³-hybridized carbons (Fsp3) is 0.250. The Morgan fingerprint density at radius 3 is 2.57 bits per heavy atom. The van der Waals surface area contributed by atoms with Gasteiger partial charge in [-0.1, -0.05) is 6.08 Å². The average Bonchev–Trinajstić information content (AvgIpc) is 1.68. The SMILES string of the molecule is CC=CC(=O)OF. The lowest BCUT2D eigenvalue weighted by Crippen LogP contribution is -1.88.